The lowest BCUT2D eigenvalue weighted by Gasteiger charge is -2.38. The van der Waals surface area contributed by atoms with Gasteiger partial charge in [0.2, 0.25) is 11.8 Å². The van der Waals surface area contributed by atoms with Crippen LogP contribution in [0.25, 0.3) is 11.4 Å². The van der Waals surface area contributed by atoms with Gasteiger partial charge in [-0.05, 0) is 18.3 Å². The van der Waals surface area contributed by atoms with Crippen molar-refractivity contribution >= 4 is 11.8 Å². The highest BCUT2D eigenvalue weighted by Gasteiger charge is 2.41. The zero-order valence-electron chi connectivity index (χ0n) is 14.0. The Morgan fingerprint density at radius 2 is 1.96 bits per heavy atom. The maximum atomic E-state index is 12.5. The van der Waals surface area contributed by atoms with E-state index in [1.165, 1.54) is 0 Å². The van der Waals surface area contributed by atoms with E-state index in [0.717, 1.165) is 24.9 Å². The van der Waals surface area contributed by atoms with Gasteiger partial charge in [0.15, 0.2) is 5.82 Å². The summed E-state index contributed by atoms with van der Waals surface area (Å²) in [5.74, 6) is 1.39. The van der Waals surface area contributed by atoms with Crippen molar-refractivity contribution in [2.45, 2.75) is 25.7 Å². The summed E-state index contributed by atoms with van der Waals surface area (Å²) in [4.78, 5) is 30.3. The zero-order chi connectivity index (χ0) is 17.3. The van der Waals surface area contributed by atoms with Crippen LogP contribution in [0.4, 0.5) is 0 Å². The molecule has 0 radical (unpaired) electrons. The molecule has 0 aliphatic carbocycles. The number of nitrogens with one attached hydrogen (secondary N) is 2. The van der Waals surface area contributed by atoms with Crippen LogP contribution in [0.2, 0.25) is 0 Å². The van der Waals surface area contributed by atoms with Gasteiger partial charge in [-0.25, -0.2) is 4.98 Å². The molecule has 7 nitrogen and oxygen atoms in total. The molecule has 25 heavy (non-hydrogen) atoms. The molecule has 0 unspecified atom stereocenters. The van der Waals surface area contributed by atoms with E-state index in [-0.39, 0.29) is 23.7 Å². The zero-order valence-corrected chi connectivity index (χ0v) is 14.0. The first-order chi connectivity index (χ1) is 12.1. The lowest BCUT2D eigenvalue weighted by molar-refractivity contribution is -0.132. The van der Waals surface area contributed by atoms with E-state index in [2.05, 4.69) is 20.5 Å². The van der Waals surface area contributed by atoms with Crippen LogP contribution in [0.5, 0.6) is 0 Å². The monoisotopic (exact) mass is 339 g/mol. The Kier molecular flexibility index (Phi) is 3.99. The van der Waals surface area contributed by atoms with Crippen molar-refractivity contribution in [3.05, 3.63) is 36.2 Å². The topological polar surface area (TPSA) is 91.0 Å². The molecule has 1 spiro atoms. The van der Waals surface area contributed by atoms with Crippen molar-refractivity contribution < 1.29 is 9.59 Å². The first-order valence-electron chi connectivity index (χ1n) is 8.65. The molecule has 0 atom stereocenters. The Morgan fingerprint density at radius 3 is 2.64 bits per heavy atom. The maximum absolute atomic E-state index is 12.5. The third-order valence-corrected chi connectivity index (χ3v) is 5.26. The van der Waals surface area contributed by atoms with Crippen LogP contribution in [0.3, 0.4) is 0 Å². The first-order valence-corrected chi connectivity index (χ1v) is 8.65. The molecule has 0 bridgehead atoms. The van der Waals surface area contributed by atoms with Crippen LogP contribution in [-0.2, 0) is 16.0 Å². The smallest absolute Gasteiger partial charge is 0.230 e. The lowest BCUT2D eigenvalue weighted by atomic mass is 9.77. The number of nitrogens with zero attached hydrogens (tertiary/aromatic N) is 3. The number of piperidine rings is 1. The molecule has 4 rings (SSSR count). The molecule has 2 aliphatic rings. The number of hydrogen-bond donors (Lipinski definition) is 2. The minimum Gasteiger partial charge on any atom is -0.356 e. The van der Waals surface area contributed by atoms with E-state index in [1.807, 2.05) is 35.2 Å². The summed E-state index contributed by atoms with van der Waals surface area (Å²) in [6.07, 6.45) is 2.58. The van der Waals surface area contributed by atoms with E-state index < -0.39 is 0 Å². The molecule has 2 aliphatic heterocycles. The van der Waals surface area contributed by atoms with Crippen molar-refractivity contribution in [2.75, 3.05) is 19.6 Å². The number of carbonyl (C=O) groups is 2. The molecular formula is C18H21N5O2. The summed E-state index contributed by atoms with van der Waals surface area (Å²) in [7, 11) is 0. The molecule has 130 valence electrons. The van der Waals surface area contributed by atoms with Gasteiger partial charge in [0.05, 0.1) is 6.42 Å². The molecule has 7 heteroatoms. The van der Waals surface area contributed by atoms with E-state index >= 15 is 0 Å². The maximum Gasteiger partial charge on any atom is 0.230 e. The number of aromatic nitrogens is 3. The highest BCUT2D eigenvalue weighted by molar-refractivity contribution is 5.80. The molecular weight excluding hydrogens is 318 g/mol. The third-order valence-electron chi connectivity index (χ3n) is 5.26. The second-order valence-corrected chi connectivity index (χ2v) is 6.98. The quantitative estimate of drug-likeness (QED) is 0.877. The summed E-state index contributed by atoms with van der Waals surface area (Å²) >= 11 is 0. The third kappa shape index (κ3) is 3.26. The largest absolute Gasteiger partial charge is 0.356 e. The molecule has 1 aromatic carbocycles. The van der Waals surface area contributed by atoms with Crippen LogP contribution in [0, 0.1) is 5.41 Å². The fraction of sp³-hybridized carbons (Fsp3) is 0.444. The Balaban J connectivity index is 1.35. The summed E-state index contributed by atoms with van der Waals surface area (Å²) < 4.78 is 0. The normalized spacial score (nSPS) is 19.2. The van der Waals surface area contributed by atoms with Crippen LogP contribution >= 0.6 is 0 Å². The first kappa shape index (κ1) is 15.8. The Labute approximate surface area is 145 Å². The minimum atomic E-state index is 0.0561. The van der Waals surface area contributed by atoms with Gasteiger partial charge in [-0.15, -0.1) is 0 Å². The number of rotatable bonds is 3. The van der Waals surface area contributed by atoms with E-state index in [9.17, 15) is 9.59 Å². The van der Waals surface area contributed by atoms with Crippen LogP contribution < -0.4 is 5.32 Å². The Bertz CT molecular complexity index is 778. The van der Waals surface area contributed by atoms with Crippen LogP contribution in [0.15, 0.2) is 30.3 Å². The predicted molar refractivity (Wildman–Crippen MR) is 91.4 cm³/mol. The molecule has 2 aromatic rings. The number of hydrogen-bond acceptors (Lipinski definition) is 4. The minimum absolute atomic E-state index is 0.0561. The van der Waals surface area contributed by atoms with Crippen molar-refractivity contribution in [1.29, 1.82) is 0 Å². The fourth-order valence-electron chi connectivity index (χ4n) is 3.68. The average Bonchev–Trinajstić information content (AvgIpc) is 3.24. The van der Waals surface area contributed by atoms with Crippen molar-refractivity contribution in [3.63, 3.8) is 0 Å². The highest BCUT2D eigenvalue weighted by atomic mass is 16.2. The number of likely N-dealkylation sites (tertiary alicyclic amines) is 1. The number of benzene rings is 1. The summed E-state index contributed by atoms with van der Waals surface area (Å²) in [6, 6.07) is 9.69. The SMILES string of the molecule is O=C1CC2(CCN(C(=O)Cc3nc(-c4ccccc4)n[nH]3)CC2)CN1. The Hall–Kier alpha value is -2.70. The fourth-order valence-corrected chi connectivity index (χ4v) is 3.68. The van der Waals surface area contributed by atoms with Crippen molar-refractivity contribution in [3.8, 4) is 11.4 Å². The highest BCUT2D eigenvalue weighted by Crippen LogP contribution is 2.37. The molecule has 1 aromatic heterocycles. The van der Waals surface area contributed by atoms with Crippen LogP contribution in [-0.4, -0.2) is 51.5 Å². The standard InChI is InChI=1S/C18H21N5O2/c24-15-11-18(12-19-15)6-8-23(9-7-18)16(25)10-14-20-17(22-21-14)13-4-2-1-3-5-13/h1-5H,6-12H2,(H,19,24)(H,20,21,22). The van der Waals surface area contributed by atoms with E-state index in [0.29, 0.717) is 31.2 Å². The number of amides is 2. The van der Waals surface area contributed by atoms with Crippen LogP contribution in [0.1, 0.15) is 25.1 Å². The van der Waals surface area contributed by atoms with Crippen molar-refractivity contribution in [1.82, 2.24) is 25.4 Å². The molecule has 2 N–H and O–H groups in total. The van der Waals surface area contributed by atoms with Gasteiger partial charge >= 0.3 is 0 Å². The molecule has 0 saturated carbocycles. The molecule has 2 fully saturated rings. The molecule has 2 saturated heterocycles. The van der Waals surface area contributed by atoms with Gasteiger partial charge in [0.25, 0.3) is 0 Å². The number of H-pyrrole nitrogens is 1. The second-order valence-electron chi connectivity index (χ2n) is 6.98. The van der Waals surface area contributed by atoms with Gasteiger partial charge in [-0.3, -0.25) is 14.7 Å². The molecule has 2 amide bonds. The average molecular weight is 339 g/mol. The summed E-state index contributed by atoms with van der Waals surface area (Å²) in [5.41, 5.74) is 0.983. The molecule has 3 heterocycles. The second kappa shape index (κ2) is 6.31. The van der Waals surface area contributed by atoms with Gasteiger partial charge in [-0.1, -0.05) is 30.3 Å². The number of aromatic amines is 1. The van der Waals surface area contributed by atoms with Gasteiger partial charge in [0.1, 0.15) is 5.82 Å². The van der Waals surface area contributed by atoms with Crippen molar-refractivity contribution in [2.24, 2.45) is 5.41 Å². The van der Waals surface area contributed by atoms with E-state index in [4.69, 9.17) is 0 Å². The number of carbonyl (C=O) groups excluding carboxylic acids is 2. The summed E-state index contributed by atoms with van der Waals surface area (Å²) in [6.45, 7) is 2.15. The predicted octanol–water partition coefficient (Wildman–Crippen LogP) is 1.14. The van der Waals surface area contributed by atoms with Gasteiger partial charge in [0, 0.05) is 31.6 Å². The van der Waals surface area contributed by atoms with Gasteiger partial charge < -0.3 is 10.2 Å². The summed E-state index contributed by atoms with van der Waals surface area (Å²) in [5, 5.41) is 9.98. The van der Waals surface area contributed by atoms with E-state index in [1.54, 1.807) is 0 Å². The lowest BCUT2D eigenvalue weighted by Crippen LogP contribution is -2.44. The van der Waals surface area contributed by atoms with Gasteiger partial charge in [-0.2, -0.15) is 5.10 Å². The Morgan fingerprint density at radius 1 is 1.20 bits per heavy atom.